The van der Waals surface area contributed by atoms with Crippen molar-refractivity contribution in [1.29, 1.82) is 0 Å². The standard InChI is InChI=1S/C14H14N2O3/c1-15(2)11-6-5-7-12(10-11)19-14-9-4-3-8-13(14)16(17)18/h3-10H,1-2H3. The molecule has 2 rings (SSSR count). The number of nitro benzene ring substituents is 1. The van der Waals surface area contributed by atoms with Gasteiger partial charge in [0.25, 0.3) is 0 Å². The van der Waals surface area contributed by atoms with E-state index in [0.29, 0.717) is 5.75 Å². The van der Waals surface area contributed by atoms with Gasteiger partial charge in [-0.25, -0.2) is 0 Å². The van der Waals surface area contributed by atoms with Gasteiger partial charge in [0.1, 0.15) is 5.75 Å². The molecular weight excluding hydrogens is 244 g/mol. The quantitative estimate of drug-likeness (QED) is 0.622. The molecule has 0 heterocycles. The normalized spacial score (nSPS) is 10.0. The predicted molar refractivity (Wildman–Crippen MR) is 73.9 cm³/mol. The first kappa shape index (κ1) is 12.9. The number of benzene rings is 2. The van der Waals surface area contributed by atoms with Gasteiger partial charge in [-0.1, -0.05) is 18.2 Å². The third-order valence-electron chi connectivity index (χ3n) is 2.62. The first-order valence-electron chi connectivity index (χ1n) is 5.76. The molecule has 0 aromatic heterocycles. The summed E-state index contributed by atoms with van der Waals surface area (Å²) >= 11 is 0. The summed E-state index contributed by atoms with van der Waals surface area (Å²) in [6, 6.07) is 13.7. The van der Waals surface area contributed by atoms with Gasteiger partial charge in [-0.05, 0) is 18.2 Å². The number of hydrogen-bond acceptors (Lipinski definition) is 4. The van der Waals surface area contributed by atoms with Gasteiger partial charge in [0.2, 0.25) is 5.75 Å². The molecule has 5 nitrogen and oxygen atoms in total. The Bertz CT molecular complexity index is 597. The molecule has 5 heteroatoms. The number of hydrogen-bond donors (Lipinski definition) is 0. The van der Waals surface area contributed by atoms with Crippen LogP contribution in [0.3, 0.4) is 0 Å². The maximum atomic E-state index is 10.9. The largest absolute Gasteiger partial charge is 0.450 e. The summed E-state index contributed by atoms with van der Waals surface area (Å²) in [6.07, 6.45) is 0. The maximum absolute atomic E-state index is 10.9. The fourth-order valence-corrected chi connectivity index (χ4v) is 1.65. The van der Waals surface area contributed by atoms with Gasteiger partial charge in [0, 0.05) is 31.9 Å². The molecule has 0 spiro atoms. The molecule has 19 heavy (non-hydrogen) atoms. The maximum Gasteiger partial charge on any atom is 0.311 e. The summed E-state index contributed by atoms with van der Waals surface area (Å²) in [5.74, 6) is 0.809. The van der Waals surface area contributed by atoms with E-state index in [9.17, 15) is 10.1 Å². The topological polar surface area (TPSA) is 55.6 Å². The van der Waals surface area contributed by atoms with Crippen molar-refractivity contribution >= 4 is 11.4 Å². The van der Waals surface area contributed by atoms with Crippen LogP contribution in [0, 0.1) is 10.1 Å². The van der Waals surface area contributed by atoms with Crippen molar-refractivity contribution in [2.24, 2.45) is 0 Å². The third-order valence-corrected chi connectivity index (χ3v) is 2.62. The average Bonchev–Trinajstić information content (AvgIpc) is 2.39. The molecule has 0 fully saturated rings. The lowest BCUT2D eigenvalue weighted by Gasteiger charge is -2.13. The first-order chi connectivity index (χ1) is 9.08. The molecule has 0 radical (unpaired) electrons. The number of para-hydroxylation sites is 2. The highest BCUT2D eigenvalue weighted by Gasteiger charge is 2.14. The molecule has 0 atom stereocenters. The van der Waals surface area contributed by atoms with E-state index in [1.807, 2.05) is 37.2 Å². The van der Waals surface area contributed by atoms with E-state index >= 15 is 0 Å². The zero-order valence-corrected chi connectivity index (χ0v) is 10.7. The first-order valence-corrected chi connectivity index (χ1v) is 5.76. The molecule has 0 aliphatic heterocycles. The van der Waals surface area contributed by atoms with Crippen LogP contribution in [0.4, 0.5) is 11.4 Å². The van der Waals surface area contributed by atoms with Gasteiger partial charge < -0.3 is 9.64 Å². The van der Waals surface area contributed by atoms with Crippen LogP contribution in [0.5, 0.6) is 11.5 Å². The van der Waals surface area contributed by atoms with E-state index in [4.69, 9.17) is 4.74 Å². The molecule has 2 aromatic rings. The van der Waals surface area contributed by atoms with E-state index in [0.717, 1.165) is 5.69 Å². The highest BCUT2D eigenvalue weighted by Crippen LogP contribution is 2.31. The fraction of sp³-hybridized carbons (Fsp3) is 0.143. The van der Waals surface area contributed by atoms with Gasteiger partial charge in [-0.15, -0.1) is 0 Å². The zero-order valence-electron chi connectivity index (χ0n) is 10.7. The summed E-state index contributed by atoms with van der Waals surface area (Å²) in [5.41, 5.74) is 0.925. The van der Waals surface area contributed by atoms with E-state index in [2.05, 4.69) is 0 Å². The smallest absolute Gasteiger partial charge is 0.311 e. The molecule has 0 N–H and O–H groups in total. The van der Waals surface area contributed by atoms with Crippen molar-refractivity contribution in [3.63, 3.8) is 0 Å². The van der Waals surface area contributed by atoms with Crippen LogP contribution in [-0.4, -0.2) is 19.0 Å². The van der Waals surface area contributed by atoms with Crippen LogP contribution in [0.15, 0.2) is 48.5 Å². The Kier molecular flexibility index (Phi) is 3.66. The van der Waals surface area contributed by atoms with Crippen LogP contribution >= 0.6 is 0 Å². The lowest BCUT2D eigenvalue weighted by molar-refractivity contribution is -0.385. The Labute approximate surface area is 111 Å². The number of ether oxygens (including phenoxy) is 1. The second-order valence-electron chi connectivity index (χ2n) is 4.22. The second kappa shape index (κ2) is 5.39. The Balaban J connectivity index is 2.31. The van der Waals surface area contributed by atoms with E-state index in [-0.39, 0.29) is 11.4 Å². The summed E-state index contributed by atoms with van der Waals surface area (Å²) in [5, 5.41) is 10.9. The van der Waals surface area contributed by atoms with Crippen molar-refractivity contribution < 1.29 is 9.66 Å². The summed E-state index contributed by atoms with van der Waals surface area (Å²) in [7, 11) is 3.84. The molecule has 2 aromatic carbocycles. The second-order valence-corrected chi connectivity index (χ2v) is 4.22. The van der Waals surface area contributed by atoms with Crippen LogP contribution in [0.25, 0.3) is 0 Å². The van der Waals surface area contributed by atoms with E-state index in [1.165, 1.54) is 6.07 Å². The van der Waals surface area contributed by atoms with Crippen molar-refractivity contribution in [3.05, 3.63) is 58.6 Å². The van der Waals surface area contributed by atoms with Crippen molar-refractivity contribution in [2.45, 2.75) is 0 Å². The molecular formula is C14H14N2O3. The lowest BCUT2D eigenvalue weighted by Crippen LogP contribution is -2.08. The average molecular weight is 258 g/mol. The van der Waals surface area contributed by atoms with Crippen molar-refractivity contribution in [3.8, 4) is 11.5 Å². The predicted octanol–water partition coefficient (Wildman–Crippen LogP) is 3.45. The highest BCUT2D eigenvalue weighted by molar-refractivity contribution is 5.52. The van der Waals surface area contributed by atoms with Crippen molar-refractivity contribution in [2.75, 3.05) is 19.0 Å². The van der Waals surface area contributed by atoms with E-state index in [1.54, 1.807) is 24.3 Å². The molecule has 98 valence electrons. The minimum atomic E-state index is -0.453. The van der Waals surface area contributed by atoms with Crippen LogP contribution < -0.4 is 9.64 Å². The van der Waals surface area contributed by atoms with Gasteiger partial charge in [0.15, 0.2) is 0 Å². The molecule has 0 saturated carbocycles. The third kappa shape index (κ3) is 3.01. The van der Waals surface area contributed by atoms with E-state index < -0.39 is 4.92 Å². The Hall–Kier alpha value is -2.56. The Morgan fingerprint density at radius 1 is 1.11 bits per heavy atom. The van der Waals surface area contributed by atoms with Crippen LogP contribution in [0.2, 0.25) is 0 Å². The number of nitrogens with zero attached hydrogens (tertiary/aromatic N) is 2. The van der Waals surface area contributed by atoms with Gasteiger partial charge in [-0.2, -0.15) is 0 Å². The SMILES string of the molecule is CN(C)c1cccc(Oc2ccccc2[N+](=O)[O-])c1. The van der Waals surface area contributed by atoms with Crippen molar-refractivity contribution in [1.82, 2.24) is 0 Å². The van der Waals surface area contributed by atoms with Gasteiger partial charge >= 0.3 is 5.69 Å². The molecule has 0 saturated heterocycles. The minimum Gasteiger partial charge on any atom is -0.450 e. The summed E-state index contributed by atoms with van der Waals surface area (Å²) < 4.78 is 5.59. The summed E-state index contributed by atoms with van der Waals surface area (Å²) in [4.78, 5) is 12.4. The number of anilines is 1. The molecule has 0 amide bonds. The Morgan fingerprint density at radius 2 is 1.84 bits per heavy atom. The number of rotatable bonds is 4. The molecule has 0 unspecified atom stereocenters. The van der Waals surface area contributed by atoms with Crippen LogP contribution in [-0.2, 0) is 0 Å². The zero-order chi connectivity index (χ0) is 13.8. The van der Waals surface area contributed by atoms with Gasteiger partial charge in [-0.3, -0.25) is 10.1 Å². The Morgan fingerprint density at radius 3 is 2.53 bits per heavy atom. The lowest BCUT2D eigenvalue weighted by atomic mass is 10.2. The van der Waals surface area contributed by atoms with Gasteiger partial charge in [0.05, 0.1) is 4.92 Å². The monoisotopic (exact) mass is 258 g/mol. The molecule has 0 aliphatic rings. The van der Waals surface area contributed by atoms with Crippen LogP contribution in [0.1, 0.15) is 0 Å². The molecule has 0 bridgehead atoms. The fourth-order valence-electron chi connectivity index (χ4n) is 1.65. The highest BCUT2D eigenvalue weighted by atomic mass is 16.6. The molecule has 0 aliphatic carbocycles. The minimum absolute atomic E-state index is 0.0437. The number of nitro groups is 1. The summed E-state index contributed by atoms with van der Waals surface area (Å²) in [6.45, 7) is 0.